The highest BCUT2D eigenvalue weighted by Gasteiger charge is 2.08. The number of halogens is 2. The van der Waals surface area contributed by atoms with Crippen LogP contribution in [-0.2, 0) is 6.54 Å². The van der Waals surface area contributed by atoms with E-state index in [9.17, 15) is 0 Å². The largest absolute Gasteiger partial charge is 0.326 e. The molecule has 0 saturated heterocycles. The van der Waals surface area contributed by atoms with Crippen LogP contribution in [0, 0.1) is 0 Å². The van der Waals surface area contributed by atoms with Crippen molar-refractivity contribution in [2.75, 3.05) is 0 Å². The van der Waals surface area contributed by atoms with Crippen molar-refractivity contribution >= 4 is 23.2 Å². The van der Waals surface area contributed by atoms with E-state index in [4.69, 9.17) is 28.9 Å². The van der Waals surface area contributed by atoms with Gasteiger partial charge in [-0.25, -0.2) is 4.68 Å². The van der Waals surface area contributed by atoms with Gasteiger partial charge >= 0.3 is 0 Å². The third kappa shape index (κ3) is 2.00. The first kappa shape index (κ1) is 10.5. The lowest BCUT2D eigenvalue weighted by Gasteiger charge is -2.09. The lowest BCUT2D eigenvalue weighted by Crippen LogP contribution is -2.05. The smallest absolute Gasteiger partial charge is 0.0877 e. The van der Waals surface area contributed by atoms with Crippen molar-refractivity contribution in [3.05, 3.63) is 46.2 Å². The molecule has 0 fully saturated rings. The SMILES string of the molecule is NCc1cccc(Cl)c1-n1cc(Cl)cn1. The van der Waals surface area contributed by atoms with Crippen LogP contribution in [0.15, 0.2) is 30.6 Å². The topological polar surface area (TPSA) is 43.8 Å². The molecule has 2 aromatic rings. The fraction of sp³-hybridized carbons (Fsp3) is 0.100. The van der Waals surface area contributed by atoms with E-state index in [1.807, 2.05) is 12.1 Å². The number of hydrogen-bond donors (Lipinski definition) is 1. The lowest BCUT2D eigenvalue weighted by molar-refractivity contribution is 0.859. The Labute approximate surface area is 97.4 Å². The van der Waals surface area contributed by atoms with Crippen molar-refractivity contribution in [1.82, 2.24) is 9.78 Å². The summed E-state index contributed by atoms with van der Waals surface area (Å²) in [7, 11) is 0. The van der Waals surface area contributed by atoms with Crippen molar-refractivity contribution < 1.29 is 0 Å². The highest BCUT2D eigenvalue weighted by molar-refractivity contribution is 6.32. The summed E-state index contributed by atoms with van der Waals surface area (Å²) in [5.74, 6) is 0. The van der Waals surface area contributed by atoms with E-state index in [1.54, 1.807) is 23.1 Å². The first-order valence-electron chi connectivity index (χ1n) is 4.40. The first-order chi connectivity index (χ1) is 7.22. The van der Waals surface area contributed by atoms with Crippen molar-refractivity contribution in [2.24, 2.45) is 5.73 Å². The summed E-state index contributed by atoms with van der Waals surface area (Å²) in [6.45, 7) is 0.410. The Balaban J connectivity index is 2.60. The van der Waals surface area contributed by atoms with Gasteiger partial charge in [0, 0.05) is 12.7 Å². The minimum Gasteiger partial charge on any atom is -0.326 e. The molecule has 3 nitrogen and oxygen atoms in total. The molecule has 1 aromatic heterocycles. The normalized spacial score (nSPS) is 10.6. The first-order valence-corrected chi connectivity index (χ1v) is 5.16. The van der Waals surface area contributed by atoms with Gasteiger partial charge in [0.2, 0.25) is 0 Å². The van der Waals surface area contributed by atoms with Crippen molar-refractivity contribution in [3.8, 4) is 5.69 Å². The molecule has 0 atom stereocenters. The minimum absolute atomic E-state index is 0.410. The predicted octanol–water partition coefficient (Wildman–Crippen LogP) is 2.64. The number of nitrogens with zero attached hydrogens (tertiary/aromatic N) is 2. The number of nitrogens with two attached hydrogens (primary N) is 1. The summed E-state index contributed by atoms with van der Waals surface area (Å²) >= 11 is 11.9. The summed E-state index contributed by atoms with van der Waals surface area (Å²) in [6.07, 6.45) is 3.26. The molecular weight excluding hydrogens is 233 g/mol. The quantitative estimate of drug-likeness (QED) is 0.879. The fourth-order valence-corrected chi connectivity index (χ4v) is 1.82. The second-order valence-corrected chi connectivity index (χ2v) is 3.90. The molecule has 78 valence electrons. The summed E-state index contributed by atoms with van der Waals surface area (Å²) in [5.41, 5.74) is 7.35. The number of para-hydroxylation sites is 1. The van der Waals surface area contributed by atoms with E-state index in [-0.39, 0.29) is 0 Å². The molecule has 0 bridgehead atoms. The van der Waals surface area contributed by atoms with Crippen LogP contribution in [0.1, 0.15) is 5.56 Å². The molecule has 0 saturated carbocycles. The third-order valence-corrected chi connectivity index (χ3v) is 2.57. The molecule has 0 aliphatic carbocycles. The van der Waals surface area contributed by atoms with Crippen molar-refractivity contribution in [3.63, 3.8) is 0 Å². The average molecular weight is 242 g/mol. The molecule has 5 heteroatoms. The van der Waals surface area contributed by atoms with Gasteiger partial charge in [-0.1, -0.05) is 35.3 Å². The molecule has 0 aliphatic rings. The summed E-state index contributed by atoms with van der Waals surface area (Å²) in [4.78, 5) is 0. The van der Waals surface area contributed by atoms with E-state index >= 15 is 0 Å². The second-order valence-electron chi connectivity index (χ2n) is 3.05. The Hall–Kier alpha value is -1.03. The van der Waals surface area contributed by atoms with Gasteiger partial charge in [0.1, 0.15) is 0 Å². The van der Waals surface area contributed by atoms with Gasteiger partial charge in [0.05, 0.1) is 21.9 Å². The van der Waals surface area contributed by atoms with Crippen LogP contribution in [0.25, 0.3) is 5.69 Å². The van der Waals surface area contributed by atoms with Crippen LogP contribution in [-0.4, -0.2) is 9.78 Å². The number of hydrogen-bond acceptors (Lipinski definition) is 2. The molecule has 1 heterocycles. The molecule has 0 unspecified atom stereocenters. The second kappa shape index (κ2) is 4.23. The Bertz CT molecular complexity index is 479. The summed E-state index contributed by atoms with van der Waals surface area (Å²) in [6, 6.07) is 5.57. The maximum absolute atomic E-state index is 6.09. The van der Waals surface area contributed by atoms with E-state index < -0.39 is 0 Å². The standard InChI is InChI=1S/C10H9Cl2N3/c11-8-5-14-15(6-8)10-7(4-13)2-1-3-9(10)12/h1-3,5-6H,4,13H2. The lowest BCUT2D eigenvalue weighted by atomic mass is 10.2. The summed E-state index contributed by atoms with van der Waals surface area (Å²) < 4.78 is 1.63. The Morgan fingerprint density at radius 2 is 2.13 bits per heavy atom. The Kier molecular flexibility index (Phi) is 2.95. The van der Waals surface area contributed by atoms with Crippen LogP contribution in [0.3, 0.4) is 0 Å². The van der Waals surface area contributed by atoms with Crippen molar-refractivity contribution in [2.45, 2.75) is 6.54 Å². The van der Waals surface area contributed by atoms with Gasteiger partial charge in [-0.3, -0.25) is 0 Å². The molecule has 1 aromatic carbocycles. The molecule has 0 amide bonds. The molecule has 2 rings (SSSR count). The molecule has 0 spiro atoms. The van der Waals surface area contributed by atoms with Crippen LogP contribution in [0.5, 0.6) is 0 Å². The highest BCUT2D eigenvalue weighted by atomic mass is 35.5. The zero-order valence-electron chi connectivity index (χ0n) is 7.82. The molecule has 15 heavy (non-hydrogen) atoms. The number of aromatic nitrogens is 2. The van der Waals surface area contributed by atoms with Gasteiger partial charge in [-0.15, -0.1) is 0 Å². The zero-order valence-corrected chi connectivity index (χ0v) is 9.33. The monoisotopic (exact) mass is 241 g/mol. The van der Waals surface area contributed by atoms with Gasteiger partial charge < -0.3 is 5.73 Å². The van der Waals surface area contributed by atoms with Gasteiger partial charge in [-0.2, -0.15) is 5.10 Å². The summed E-state index contributed by atoms with van der Waals surface area (Å²) in [5, 5.41) is 5.28. The Morgan fingerprint density at radius 1 is 1.33 bits per heavy atom. The fourth-order valence-electron chi connectivity index (χ4n) is 1.40. The van der Waals surface area contributed by atoms with Crippen LogP contribution < -0.4 is 5.73 Å². The molecule has 0 aliphatic heterocycles. The predicted molar refractivity (Wildman–Crippen MR) is 61.5 cm³/mol. The zero-order chi connectivity index (χ0) is 10.8. The third-order valence-electron chi connectivity index (χ3n) is 2.07. The minimum atomic E-state index is 0.410. The maximum atomic E-state index is 6.09. The van der Waals surface area contributed by atoms with Gasteiger partial charge in [0.25, 0.3) is 0 Å². The number of rotatable bonds is 2. The van der Waals surface area contributed by atoms with E-state index in [0.717, 1.165) is 11.3 Å². The maximum Gasteiger partial charge on any atom is 0.0877 e. The van der Waals surface area contributed by atoms with Gasteiger partial charge in [0.15, 0.2) is 0 Å². The highest BCUT2D eigenvalue weighted by Crippen LogP contribution is 2.24. The van der Waals surface area contributed by atoms with Crippen molar-refractivity contribution in [1.29, 1.82) is 0 Å². The van der Waals surface area contributed by atoms with E-state index in [1.165, 1.54) is 0 Å². The molecular formula is C10H9Cl2N3. The Morgan fingerprint density at radius 3 is 2.73 bits per heavy atom. The van der Waals surface area contributed by atoms with E-state index in [0.29, 0.717) is 16.6 Å². The molecule has 2 N–H and O–H groups in total. The van der Waals surface area contributed by atoms with Crippen LogP contribution >= 0.6 is 23.2 Å². The van der Waals surface area contributed by atoms with Crippen LogP contribution in [0.2, 0.25) is 10.0 Å². The average Bonchev–Trinajstić information content (AvgIpc) is 2.64. The van der Waals surface area contributed by atoms with Crippen LogP contribution in [0.4, 0.5) is 0 Å². The number of benzene rings is 1. The van der Waals surface area contributed by atoms with E-state index in [2.05, 4.69) is 5.10 Å². The van der Waals surface area contributed by atoms with Gasteiger partial charge in [-0.05, 0) is 11.6 Å². The molecule has 0 radical (unpaired) electrons.